The van der Waals surface area contributed by atoms with Gasteiger partial charge in [0.2, 0.25) is 5.43 Å². The molecule has 0 fully saturated rings. The van der Waals surface area contributed by atoms with Crippen molar-refractivity contribution in [2.24, 2.45) is 0 Å². The first-order valence-corrected chi connectivity index (χ1v) is 10.2. The molecule has 2 heterocycles. The normalized spacial score (nSPS) is 11.4. The average Bonchev–Trinajstić information content (AvgIpc) is 3.11. The summed E-state index contributed by atoms with van der Waals surface area (Å²) in [5.41, 5.74) is -1.50. The molecule has 0 spiro atoms. The number of carbonyl (C=O) groups is 1. The lowest BCUT2D eigenvalue weighted by atomic mass is 10.2. The molecule has 0 atom stereocenters. The van der Waals surface area contributed by atoms with Crippen molar-refractivity contribution in [3.63, 3.8) is 0 Å². The van der Waals surface area contributed by atoms with Gasteiger partial charge in [0, 0.05) is 23.2 Å². The first kappa shape index (κ1) is 22.8. The molecule has 31 heavy (non-hydrogen) atoms. The Hall–Kier alpha value is -2.91. The summed E-state index contributed by atoms with van der Waals surface area (Å²) >= 11 is 7.23. The number of benzene rings is 1. The number of halogens is 4. The predicted molar refractivity (Wildman–Crippen MR) is 114 cm³/mol. The monoisotopic (exact) mass is 467 g/mol. The Labute approximate surface area is 185 Å². The fraction of sp³-hybridized carbons (Fsp3) is 0.190. The lowest BCUT2D eigenvalue weighted by Crippen LogP contribution is -2.36. The number of carbonyl (C=O) groups excluding carboxylic acids is 1. The highest BCUT2D eigenvalue weighted by molar-refractivity contribution is 7.16. The zero-order chi connectivity index (χ0) is 22.8. The Morgan fingerprint density at radius 2 is 2.03 bits per heavy atom. The van der Waals surface area contributed by atoms with Crippen LogP contribution in [-0.4, -0.2) is 27.1 Å². The standard InChI is InChI=1S/C21H17ClF3N3O2S/c1-3-9-27(12-16-7-8-18(22)31-16)20(30)19-17(29)10-13(2)28(26-19)15-6-4-5-14(11-15)21(23,24)25/h3-8,10-11H,1,9,12H2,2H3. The van der Waals surface area contributed by atoms with E-state index in [0.717, 1.165) is 21.7 Å². The van der Waals surface area contributed by atoms with Gasteiger partial charge < -0.3 is 4.90 Å². The molecule has 1 amide bonds. The smallest absolute Gasteiger partial charge is 0.328 e. The molecule has 0 aliphatic heterocycles. The summed E-state index contributed by atoms with van der Waals surface area (Å²) in [6.45, 7) is 5.48. The van der Waals surface area contributed by atoms with Gasteiger partial charge in [-0.15, -0.1) is 17.9 Å². The molecule has 1 aromatic carbocycles. The Morgan fingerprint density at radius 1 is 1.29 bits per heavy atom. The maximum Gasteiger partial charge on any atom is 0.416 e. The maximum atomic E-state index is 13.1. The summed E-state index contributed by atoms with van der Waals surface area (Å²) in [7, 11) is 0. The zero-order valence-corrected chi connectivity index (χ0v) is 17.9. The van der Waals surface area contributed by atoms with Crippen molar-refractivity contribution in [3.05, 3.63) is 91.5 Å². The molecule has 2 aromatic heterocycles. The molecule has 10 heteroatoms. The van der Waals surface area contributed by atoms with Crippen molar-refractivity contribution in [2.75, 3.05) is 6.54 Å². The van der Waals surface area contributed by atoms with Gasteiger partial charge in [-0.1, -0.05) is 23.7 Å². The molecule has 0 radical (unpaired) electrons. The third-order valence-corrected chi connectivity index (χ3v) is 5.56. The molecule has 3 rings (SSSR count). The van der Waals surface area contributed by atoms with Crippen LogP contribution in [0.4, 0.5) is 13.2 Å². The van der Waals surface area contributed by atoms with Crippen LogP contribution in [0.3, 0.4) is 0 Å². The molecule has 5 nitrogen and oxygen atoms in total. The Bertz CT molecular complexity index is 1190. The lowest BCUT2D eigenvalue weighted by Gasteiger charge is -2.20. The highest BCUT2D eigenvalue weighted by Gasteiger charge is 2.31. The van der Waals surface area contributed by atoms with E-state index in [2.05, 4.69) is 11.7 Å². The van der Waals surface area contributed by atoms with E-state index in [9.17, 15) is 22.8 Å². The molecule has 0 saturated carbocycles. The molecule has 162 valence electrons. The van der Waals surface area contributed by atoms with Gasteiger partial charge in [0.1, 0.15) is 0 Å². The molecule has 0 N–H and O–H groups in total. The summed E-state index contributed by atoms with van der Waals surface area (Å²) in [4.78, 5) is 27.8. The summed E-state index contributed by atoms with van der Waals surface area (Å²) in [5, 5.41) is 4.10. The van der Waals surface area contributed by atoms with E-state index in [0.29, 0.717) is 10.0 Å². The first-order chi connectivity index (χ1) is 14.6. The van der Waals surface area contributed by atoms with Gasteiger partial charge in [-0.2, -0.15) is 18.3 Å². The van der Waals surface area contributed by atoms with Crippen LogP contribution < -0.4 is 5.43 Å². The van der Waals surface area contributed by atoms with Gasteiger partial charge in [-0.25, -0.2) is 4.68 Å². The highest BCUT2D eigenvalue weighted by atomic mass is 35.5. The van der Waals surface area contributed by atoms with E-state index in [-0.39, 0.29) is 18.8 Å². The second-order valence-corrected chi connectivity index (χ2v) is 8.44. The Balaban J connectivity index is 2.02. The fourth-order valence-electron chi connectivity index (χ4n) is 2.92. The van der Waals surface area contributed by atoms with Crippen LogP contribution >= 0.6 is 22.9 Å². The van der Waals surface area contributed by atoms with Crippen molar-refractivity contribution < 1.29 is 18.0 Å². The molecule has 0 aliphatic rings. The number of hydrogen-bond acceptors (Lipinski definition) is 4. The third kappa shape index (κ3) is 5.23. The average molecular weight is 468 g/mol. The molecule has 3 aromatic rings. The number of aryl methyl sites for hydroxylation is 1. The van der Waals surface area contributed by atoms with Gasteiger partial charge in [-0.3, -0.25) is 9.59 Å². The summed E-state index contributed by atoms with van der Waals surface area (Å²) in [6.07, 6.45) is -3.03. The van der Waals surface area contributed by atoms with Crippen LogP contribution in [0.25, 0.3) is 5.69 Å². The molecular formula is C21H17ClF3N3O2S. The topological polar surface area (TPSA) is 55.2 Å². The van der Waals surface area contributed by atoms with Crippen molar-refractivity contribution in [1.29, 1.82) is 0 Å². The van der Waals surface area contributed by atoms with E-state index >= 15 is 0 Å². The van der Waals surface area contributed by atoms with E-state index in [1.807, 2.05) is 0 Å². The number of rotatable bonds is 6. The number of hydrogen-bond donors (Lipinski definition) is 0. The Kier molecular flexibility index (Phi) is 6.66. The minimum absolute atomic E-state index is 0.0849. The van der Waals surface area contributed by atoms with E-state index in [1.54, 1.807) is 12.1 Å². The first-order valence-electron chi connectivity index (χ1n) is 9.03. The van der Waals surface area contributed by atoms with Crippen LogP contribution in [0.1, 0.15) is 26.6 Å². The van der Waals surface area contributed by atoms with Crippen molar-refractivity contribution in [3.8, 4) is 5.69 Å². The SMILES string of the molecule is C=CCN(Cc1ccc(Cl)s1)C(=O)c1nn(-c2cccc(C(F)(F)F)c2)c(C)cc1=O. The maximum absolute atomic E-state index is 13.1. The summed E-state index contributed by atoms with van der Waals surface area (Å²) in [5.74, 6) is -0.657. The Morgan fingerprint density at radius 3 is 2.65 bits per heavy atom. The zero-order valence-electron chi connectivity index (χ0n) is 16.3. The third-order valence-electron chi connectivity index (χ3n) is 4.34. The molecule has 0 bridgehead atoms. The van der Waals surface area contributed by atoms with E-state index in [4.69, 9.17) is 11.6 Å². The molecular weight excluding hydrogens is 451 g/mol. The number of thiophene rings is 1. The van der Waals surface area contributed by atoms with Gasteiger partial charge >= 0.3 is 6.18 Å². The van der Waals surface area contributed by atoms with Crippen molar-refractivity contribution >= 4 is 28.8 Å². The van der Waals surface area contributed by atoms with Crippen LogP contribution in [0, 0.1) is 6.92 Å². The quantitative estimate of drug-likeness (QED) is 0.474. The minimum atomic E-state index is -4.54. The number of nitrogens with zero attached hydrogens (tertiary/aromatic N) is 3. The van der Waals surface area contributed by atoms with E-state index < -0.39 is 28.8 Å². The highest BCUT2D eigenvalue weighted by Crippen LogP contribution is 2.30. The van der Waals surface area contributed by atoms with Gasteiger partial charge in [0.25, 0.3) is 5.91 Å². The summed E-state index contributed by atoms with van der Waals surface area (Å²) in [6, 6.07) is 9.14. The summed E-state index contributed by atoms with van der Waals surface area (Å²) < 4.78 is 41.0. The molecule has 0 unspecified atom stereocenters. The van der Waals surface area contributed by atoms with Crippen molar-refractivity contribution in [1.82, 2.24) is 14.7 Å². The number of amides is 1. The van der Waals surface area contributed by atoms with Crippen LogP contribution in [0.2, 0.25) is 4.34 Å². The second kappa shape index (κ2) is 9.07. The largest absolute Gasteiger partial charge is 0.416 e. The lowest BCUT2D eigenvalue weighted by molar-refractivity contribution is -0.137. The van der Waals surface area contributed by atoms with Crippen LogP contribution in [-0.2, 0) is 12.7 Å². The molecule has 0 saturated heterocycles. The number of alkyl halides is 3. The van der Waals surface area contributed by atoms with Crippen LogP contribution in [0.5, 0.6) is 0 Å². The molecule has 0 aliphatic carbocycles. The van der Waals surface area contributed by atoms with Gasteiger partial charge in [-0.05, 0) is 37.3 Å². The van der Waals surface area contributed by atoms with Gasteiger partial charge in [0.05, 0.1) is 22.1 Å². The van der Waals surface area contributed by atoms with Crippen molar-refractivity contribution in [2.45, 2.75) is 19.6 Å². The second-order valence-electron chi connectivity index (χ2n) is 6.64. The van der Waals surface area contributed by atoms with E-state index in [1.165, 1.54) is 47.4 Å². The fourth-order valence-corrected chi connectivity index (χ4v) is 4.02. The minimum Gasteiger partial charge on any atom is -0.328 e. The van der Waals surface area contributed by atoms with Gasteiger partial charge in [0.15, 0.2) is 5.69 Å². The predicted octanol–water partition coefficient (Wildman–Crippen LogP) is 5.10. The van der Waals surface area contributed by atoms with Crippen LogP contribution in [0.15, 0.2) is 59.9 Å². The number of aromatic nitrogens is 2.